The van der Waals surface area contributed by atoms with Crippen molar-refractivity contribution >= 4 is 21.8 Å². The molecular weight excluding hydrogens is 196 g/mol. The molecule has 0 fully saturated rings. The highest BCUT2D eigenvalue weighted by Gasteiger charge is 2.15. The lowest BCUT2D eigenvalue weighted by atomic mass is 10.1. The van der Waals surface area contributed by atoms with Gasteiger partial charge in [0, 0.05) is 12.4 Å². The third kappa shape index (κ3) is 1.60. The second-order valence-electron chi connectivity index (χ2n) is 3.51. The van der Waals surface area contributed by atoms with Crippen molar-refractivity contribution in [3.63, 3.8) is 0 Å². The van der Waals surface area contributed by atoms with Crippen molar-refractivity contribution in [2.24, 2.45) is 11.7 Å². The van der Waals surface area contributed by atoms with Gasteiger partial charge in [-0.1, -0.05) is 25.2 Å². The molecular formula is C9H12N4S. The van der Waals surface area contributed by atoms with Crippen LogP contribution in [0.2, 0.25) is 0 Å². The fraction of sp³-hybridized carbons (Fsp3) is 0.444. The van der Waals surface area contributed by atoms with E-state index in [1.165, 1.54) is 11.3 Å². The average molecular weight is 208 g/mol. The summed E-state index contributed by atoms with van der Waals surface area (Å²) in [5, 5.41) is 0.918. The van der Waals surface area contributed by atoms with E-state index in [1.807, 2.05) is 0 Å². The van der Waals surface area contributed by atoms with Gasteiger partial charge < -0.3 is 5.73 Å². The first-order valence-corrected chi connectivity index (χ1v) is 5.33. The molecule has 0 aromatic carbocycles. The Morgan fingerprint density at radius 3 is 2.64 bits per heavy atom. The molecule has 2 aromatic heterocycles. The van der Waals surface area contributed by atoms with E-state index >= 15 is 0 Å². The van der Waals surface area contributed by atoms with Crippen LogP contribution in [0.5, 0.6) is 0 Å². The topological polar surface area (TPSA) is 64.7 Å². The SMILES string of the molecule is CC(C)C(N)c1nc2nccnc2s1. The molecule has 4 nitrogen and oxygen atoms in total. The minimum Gasteiger partial charge on any atom is -0.322 e. The number of nitrogens with two attached hydrogens (primary N) is 1. The van der Waals surface area contributed by atoms with E-state index in [1.54, 1.807) is 12.4 Å². The van der Waals surface area contributed by atoms with Gasteiger partial charge in [-0.05, 0) is 5.92 Å². The second kappa shape index (κ2) is 3.59. The van der Waals surface area contributed by atoms with Gasteiger partial charge in [0.05, 0.1) is 6.04 Å². The zero-order chi connectivity index (χ0) is 10.1. The lowest BCUT2D eigenvalue weighted by Gasteiger charge is -2.10. The predicted molar refractivity (Wildman–Crippen MR) is 57.0 cm³/mol. The van der Waals surface area contributed by atoms with Gasteiger partial charge in [0.1, 0.15) is 5.01 Å². The summed E-state index contributed by atoms with van der Waals surface area (Å²) < 4.78 is 0. The van der Waals surface area contributed by atoms with Crippen molar-refractivity contribution in [2.75, 3.05) is 0 Å². The van der Waals surface area contributed by atoms with Gasteiger partial charge in [0.2, 0.25) is 0 Å². The summed E-state index contributed by atoms with van der Waals surface area (Å²) in [6.07, 6.45) is 3.32. The first kappa shape index (κ1) is 9.48. The molecule has 0 saturated heterocycles. The maximum Gasteiger partial charge on any atom is 0.189 e. The van der Waals surface area contributed by atoms with Gasteiger partial charge in [-0.25, -0.2) is 15.0 Å². The fourth-order valence-corrected chi connectivity index (χ4v) is 2.16. The molecule has 0 amide bonds. The van der Waals surface area contributed by atoms with Crippen molar-refractivity contribution in [3.8, 4) is 0 Å². The van der Waals surface area contributed by atoms with Crippen LogP contribution >= 0.6 is 11.3 Å². The van der Waals surface area contributed by atoms with E-state index in [4.69, 9.17) is 5.73 Å². The molecule has 2 rings (SSSR count). The fourth-order valence-electron chi connectivity index (χ4n) is 1.12. The number of aromatic nitrogens is 3. The van der Waals surface area contributed by atoms with Crippen LogP contribution in [0.15, 0.2) is 12.4 Å². The summed E-state index contributed by atoms with van der Waals surface area (Å²) in [7, 11) is 0. The van der Waals surface area contributed by atoms with Gasteiger partial charge in [0.25, 0.3) is 0 Å². The average Bonchev–Trinajstić information content (AvgIpc) is 2.59. The summed E-state index contributed by atoms with van der Waals surface area (Å²) in [5.41, 5.74) is 6.69. The first-order valence-electron chi connectivity index (χ1n) is 4.51. The molecule has 0 aliphatic rings. The highest BCUT2D eigenvalue weighted by atomic mass is 32.1. The number of thiazole rings is 1. The molecule has 2 heterocycles. The molecule has 2 aromatic rings. The standard InChI is InChI=1S/C9H12N4S/c1-5(2)6(10)8-13-7-9(14-8)12-4-3-11-7/h3-6H,10H2,1-2H3. The summed E-state index contributed by atoms with van der Waals surface area (Å²) in [5.74, 6) is 0.385. The van der Waals surface area contributed by atoms with Gasteiger partial charge in [-0.2, -0.15) is 0 Å². The van der Waals surface area contributed by atoms with Crippen LogP contribution in [0.3, 0.4) is 0 Å². The molecule has 0 spiro atoms. The van der Waals surface area contributed by atoms with Crippen molar-refractivity contribution < 1.29 is 0 Å². The number of rotatable bonds is 2. The predicted octanol–water partition coefficient (Wildman–Crippen LogP) is 1.74. The van der Waals surface area contributed by atoms with Crippen molar-refractivity contribution in [2.45, 2.75) is 19.9 Å². The quantitative estimate of drug-likeness (QED) is 0.816. The van der Waals surface area contributed by atoms with Crippen LogP contribution in [0.25, 0.3) is 10.5 Å². The molecule has 1 atom stereocenters. The van der Waals surface area contributed by atoms with Crippen LogP contribution in [0.1, 0.15) is 24.9 Å². The van der Waals surface area contributed by atoms with E-state index in [-0.39, 0.29) is 6.04 Å². The second-order valence-corrected chi connectivity index (χ2v) is 4.52. The van der Waals surface area contributed by atoms with E-state index in [0.717, 1.165) is 9.84 Å². The van der Waals surface area contributed by atoms with E-state index in [2.05, 4.69) is 28.8 Å². The minimum absolute atomic E-state index is 0.0176. The lowest BCUT2D eigenvalue weighted by molar-refractivity contribution is 0.512. The number of hydrogen-bond acceptors (Lipinski definition) is 5. The summed E-state index contributed by atoms with van der Waals surface area (Å²) >= 11 is 1.52. The highest BCUT2D eigenvalue weighted by Crippen LogP contribution is 2.25. The van der Waals surface area contributed by atoms with Crippen molar-refractivity contribution in [3.05, 3.63) is 17.4 Å². The van der Waals surface area contributed by atoms with Gasteiger partial charge >= 0.3 is 0 Å². The van der Waals surface area contributed by atoms with Crippen molar-refractivity contribution in [1.29, 1.82) is 0 Å². The number of nitrogens with zero attached hydrogens (tertiary/aromatic N) is 3. The molecule has 2 N–H and O–H groups in total. The Kier molecular flexibility index (Phi) is 2.43. The lowest BCUT2D eigenvalue weighted by Crippen LogP contribution is -2.16. The Bertz CT molecular complexity index is 404. The Balaban J connectivity index is 2.45. The molecule has 1 unspecified atom stereocenters. The van der Waals surface area contributed by atoms with E-state index in [0.29, 0.717) is 11.6 Å². The summed E-state index contributed by atoms with van der Waals surface area (Å²) in [6, 6.07) is -0.0176. The normalized spacial score (nSPS) is 13.7. The van der Waals surface area contributed by atoms with Crippen LogP contribution in [-0.4, -0.2) is 15.0 Å². The molecule has 74 valence electrons. The third-order valence-corrected chi connectivity index (χ3v) is 3.12. The number of fused-ring (bicyclic) bond motifs is 1. The van der Waals surface area contributed by atoms with Gasteiger partial charge in [-0.3, -0.25) is 0 Å². The molecule has 14 heavy (non-hydrogen) atoms. The zero-order valence-corrected chi connectivity index (χ0v) is 8.95. The monoisotopic (exact) mass is 208 g/mol. The zero-order valence-electron chi connectivity index (χ0n) is 8.14. The Morgan fingerprint density at radius 1 is 1.29 bits per heavy atom. The third-order valence-electron chi connectivity index (χ3n) is 2.07. The molecule has 0 radical (unpaired) electrons. The maximum absolute atomic E-state index is 5.99. The number of hydrogen-bond donors (Lipinski definition) is 1. The Hall–Kier alpha value is -1.07. The molecule has 0 bridgehead atoms. The van der Waals surface area contributed by atoms with E-state index < -0.39 is 0 Å². The first-order chi connectivity index (χ1) is 6.68. The smallest absolute Gasteiger partial charge is 0.189 e. The minimum atomic E-state index is -0.0176. The van der Waals surface area contributed by atoms with Crippen molar-refractivity contribution in [1.82, 2.24) is 15.0 Å². The van der Waals surface area contributed by atoms with Crippen LogP contribution in [0, 0.1) is 5.92 Å². The van der Waals surface area contributed by atoms with Crippen LogP contribution < -0.4 is 5.73 Å². The Labute approximate surface area is 86.2 Å². The molecule has 0 aliphatic carbocycles. The van der Waals surface area contributed by atoms with Gasteiger partial charge in [-0.15, -0.1) is 0 Å². The largest absolute Gasteiger partial charge is 0.322 e. The van der Waals surface area contributed by atoms with Crippen LogP contribution in [0.4, 0.5) is 0 Å². The van der Waals surface area contributed by atoms with E-state index in [9.17, 15) is 0 Å². The maximum atomic E-state index is 5.99. The van der Waals surface area contributed by atoms with Crippen LogP contribution in [-0.2, 0) is 0 Å². The molecule has 5 heteroatoms. The Morgan fingerprint density at radius 2 is 2.00 bits per heavy atom. The van der Waals surface area contributed by atoms with Gasteiger partial charge in [0.15, 0.2) is 10.5 Å². The summed E-state index contributed by atoms with van der Waals surface area (Å²) in [4.78, 5) is 13.5. The molecule has 0 saturated carbocycles. The highest BCUT2D eigenvalue weighted by molar-refractivity contribution is 7.18. The summed E-state index contributed by atoms with van der Waals surface area (Å²) in [6.45, 7) is 4.16. The molecule has 0 aliphatic heterocycles.